The average molecular weight is 405 g/mol. The van der Waals surface area contributed by atoms with Gasteiger partial charge in [0.1, 0.15) is 5.75 Å². The minimum absolute atomic E-state index is 0.127. The second kappa shape index (κ2) is 9.59. The van der Waals surface area contributed by atoms with Crippen molar-refractivity contribution < 1.29 is 17.9 Å². The van der Waals surface area contributed by atoms with Crippen LogP contribution in [0, 0.1) is 13.8 Å². The standard InChI is InChI=1S/C21H28N2O4S/c1-5-27-19-13-11-18(12-14-19)23(28(4,25)26)15-7-10-20(24)22-21-16(2)8-6-9-17(21)3/h6,8-9,11-14H,5,7,10,15H2,1-4H3,(H,22,24). The van der Waals surface area contributed by atoms with E-state index in [2.05, 4.69) is 5.32 Å². The predicted molar refractivity (Wildman–Crippen MR) is 114 cm³/mol. The monoisotopic (exact) mass is 404 g/mol. The second-order valence-corrected chi connectivity index (χ2v) is 8.59. The molecule has 0 aliphatic carbocycles. The van der Waals surface area contributed by atoms with E-state index in [1.807, 2.05) is 39.0 Å². The molecule has 0 spiro atoms. The average Bonchev–Trinajstić information content (AvgIpc) is 2.62. The molecule has 0 saturated carbocycles. The molecule has 152 valence electrons. The number of aryl methyl sites for hydroxylation is 2. The first-order valence-corrected chi connectivity index (χ1v) is 11.1. The quantitative estimate of drug-likeness (QED) is 0.688. The predicted octanol–water partition coefficient (Wildman–Crippen LogP) is 3.89. The lowest BCUT2D eigenvalue weighted by Crippen LogP contribution is -2.31. The molecule has 6 nitrogen and oxygen atoms in total. The van der Waals surface area contributed by atoms with Gasteiger partial charge in [-0.3, -0.25) is 9.10 Å². The van der Waals surface area contributed by atoms with Crippen LogP contribution >= 0.6 is 0 Å². The number of carbonyl (C=O) groups is 1. The number of nitrogens with zero attached hydrogens (tertiary/aromatic N) is 1. The summed E-state index contributed by atoms with van der Waals surface area (Å²) >= 11 is 0. The van der Waals surface area contributed by atoms with Gasteiger partial charge in [0.2, 0.25) is 15.9 Å². The topological polar surface area (TPSA) is 75.7 Å². The smallest absolute Gasteiger partial charge is 0.232 e. The molecular formula is C21H28N2O4S. The molecule has 0 radical (unpaired) electrons. The Morgan fingerprint density at radius 2 is 1.68 bits per heavy atom. The zero-order valence-corrected chi connectivity index (χ0v) is 17.7. The number of nitrogens with one attached hydrogen (secondary N) is 1. The molecule has 0 aliphatic rings. The summed E-state index contributed by atoms with van der Waals surface area (Å²) in [6, 6.07) is 12.7. The van der Waals surface area contributed by atoms with Gasteiger partial charge in [0.15, 0.2) is 0 Å². The van der Waals surface area contributed by atoms with Crippen LogP contribution in [0.2, 0.25) is 0 Å². The zero-order chi connectivity index (χ0) is 20.7. The molecule has 0 fully saturated rings. The van der Waals surface area contributed by atoms with E-state index in [0.29, 0.717) is 24.5 Å². The van der Waals surface area contributed by atoms with E-state index in [4.69, 9.17) is 4.74 Å². The Kier molecular flexibility index (Phi) is 7.45. The van der Waals surface area contributed by atoms with Gasteiger partial charge >= 0.3 is 0 Å². The molecule has 1 amide bonds. The van der Waals surface area contributed by atoms with E-state index in [1.54, 1.807) is 24.3 Å². The van der Waals surface area contributed by atoms with Gasteiger partial charge in [0, 0.05) is 18.7 Å². The molecule has 0 saturated heterocycles. The Morgan fingerprint density at radius 3 is 2.21 bits per heavy atom. The van der Waals surface area contributed by atoms with Crippen LogP contribution in [-0.2, 0) is 14.8 Å². The summed E-state index contributed by atoms with van der Waals surface area (Å²) in [6.07, 6.45) is 1.81. The highest BCUT2D eigenvalue weighted by Crippen LogP contribution is 2.23. The fraction of sp³-hybridized carbons (Fsp3) is 0.381. The summed E-state index contributed by atoms with van der Waals surface area (Å²) in [7, 11) is -3.45. The fourth-order valence-corrected chi connectivity index (χ4v) is 3.92. The highest BCUT2D eigenvalue weighted by atomic mass is 32.2. The molecule has 7 heteroatoms. The van der Waals surface area contributed by atoms with Crippen LogP contribution in [0.1, 0.15) is 30.9 Å². The Labute approximate surface area is 167 Å². The van der Waals surface area contributed by atoms with Gasteiger partial charge in [-0.15, -0.1) is 0 Å². The summed E-state index contributed by atoms with van der Waals surface area (Å²) < 4.78 is 31.1. The number of ether oxygens (including phenoxy) is 1. The molecule has 0 aromatic heterocycles. The Hall–Kier alpha value is -2.54. The summed E-state index contributed by atoms with van der Waals surface area (Å²) in [6.45, 7) is 6.55. The molecule has 2 aromatic carbocycles. The van der Waals surface area contributed by atoms with E-state index in [9.17, 15) is 13.2 Å². The highest BCUT2D eigenvalue weighted by molar-refractivity contribution is 7.92. The van der Waals surface area contributed by atoms with Crippen LogP contribution in [0.4, 0.5) is 11.4 Å². The largest absolute Gasteiger partial charge is 0.494 e. The molecule has 0 atom stereocenters. The van der Waals surface area contributed by atoms with Crippen LogP contribution in [0.25, 0.3) is 0 Å². The van der Waals surface area contributed by atoms with Crippen molar-refractivity contribution in [1.29, 1.82) is 0 Å². The number of para-hydroxylation sites is 1. The van der Waals surface area contributed by atoms with Crippen LogP contribution in [0.5, 0.6) is 5.75 Å². The molecule has 0 heterocycles. The molecule has 0 aliphatic heterocycles. The Balaban J connectivity index is 1.99. The summed E-state index contributed by atoms with van der Waals surface area (Å²) in [4.78, 5) is 12.3. The third kappa shape index (κ3) is 5.99. The van der Waals surface area contributed by atoms with Gasteiger partial charge in [-0.1, -0.05) is 18.2 Å². The van der Waals surface area contributed by atoms with Gasteiger partial charge in [-0.05, 0) is 62.6 Å². The summed E-state index contributed by atoms with van der Waals surface area (Å²) in [5.74, 6) is 0.560. The van der Waals surface area contributed by atoms with E-state index in [0.717, 1.165) is 16.8 Å². The maximum atomic E-state index is 12.3. The number of hydrogen-bond acceptors (Lipinski definition) is 4. The normalized spacial score (nSPS) is 11.1. The number of carbonyl (C=O) groups excluding carboxylic acids is 1. The minimum atomic E-state index is -3.45. The third-order valence-electron chi connectivity index (χ3n) is 4.35. The second-order valence-electron chi connectivity index (χ2n) is 6.68. The number of amides is 1. The van der Waals surface area contributed by atoms with Gasteiger partial charge in [-0.25, -0.2) is 8.42 Å². The van der Waals surface area contributed by atoms with Crippen LogP contribution in [0.15, 0.2) is 42.5 Å². The number of anilines is 2. The van der Waals surface area contributed by atoms with Gasteiger partial charge in [-0.2, -0.15) is 0 Å². The van der Waals surface area contributed by atoms with Crippen LogP contribution in [0.3, 0.4) is 0 Å². The van der Waals surface area contributed by atoms with Gasteiger partial charge in [0.05, 0.1) is 18.6 Å². The lowest BCUT2D eigenvalue weighted by atomic mass is 10.1. The summed E-state index contributed by atoms with van der Waals surface area (Å²) in [5.41, 5.74) is 3.38. The summed E-state index contributed by atoms with van der Waals surface area (Å²) in [5, 5.41) is 2.93. The van der Waals surface area contributed by atoms with Crippen molar-refractivity contribution in [3.63, 3.8) is 0 Å². The molecular weight excluding hydrogens is 376 g/mol. The molecule has 1 N–H and O–H groups in total. The molecule has 2 aromatic rings. The molecule has 0 unspecified atom stereocenters. The number of sulfonamides is 1. The minimum Gasteiger partial charge on any atom is -0.494 e. The first-order valence-electron chi connectivity index (χ1n) is 9.29. The SMILES string of the molecule is CCOc1ccc(N(CCCC(=O)Nc2c(C)cccc2C)S(C)(=O)=O)cc1. The maximum absolute atomic E-state index is 12.3. The van der Waals surface area contributed by atoms with Crippen molar-refractivity contribution in [2.45, 2.75) is 33.6 Å². The highest BCUT2D eigenvalue weighted by Gasteiger charge is 2.18. The van der Waals surface area contributed by atoms with Crippen LogP contribution < -0.4 is 14.4 Å². The van der Waals surface area contributed by atoms with E-state index in [-0.39, 0.29) is 18.9 Å². The Bertz CT molecular complexity index is 888. The molecule has 2 rings (SSSR count). The van der Waals surface area contributed by atoms with Crippen molar-refractivity contribution in [2.75, 3.05) is 29.0 Å². The Morgan fingerprint density at radius 1 is 1.07 bits per heavy atom. The van der Waals surface area contributed by atoms with Gasteiger partial charge < -0.3 is 10.1 Å². The van der Waals surface area contributed by atoms with Crippen molar-refractivity contribution >= 4 is 27.3 Å². The van der Waals surface area contributed by atoms with Crippen molar-refractivity contribution in [3.8, 4) is 5.75 Å². The van der Waals surface area contributed by atoms with E-state index in [1.165, 1.54) is 10.6 Å². The molecule has 0 bridgehead atoms. The van der Waals surface area contributed by atoms with Gasteiger partial charge in [0.25, 0.3) is 0 Å². The van der Waals surface area contributed by atoms with E-state index >= 15 is 0 Å². The molecule has 28 heavy (non-hydrogen) atoms. The lowest BCUT2D eigenvalue weighted by Gasteiger charge is -2.22. The number of rotatable bonds is 9. The lowest BCUT2D eigenvalue weighted by molar-refractivity contribution is -0.116. The van der Waals surface area contributed by atoms with Crippen molar-refractivity contribution in [1.82, 2.24) is 0 Å². The number of hydrogen-bond donors (Lipinski definition) is 1. The number of benzene rings is 2. The van der Waals surface area contributed by atoms with Crippen molar-refractivity contribution in [2.24, 2.45) is 0 Å². The first kappa shape index (κ1) is 21.8. The third-order valence-corrected chi connectivity index (χ3v) is 5.54. The fourth-order valence-electron chi connectivity index (χ4n) is 2.96. The van der Waals surface area contributed by atoms with E-state index < -0.39 is 10.0 Å². The van der Waals surface area contributed by atoms with Crippen LogP contribution in [-0.4, -0.2) is 33.7 Å². The maximum Gasteiger partial charge on any atom is 0.232 e. The first-order chi connectivity index (χ1) is 13.2. The zero-order valence-electron chi connectivity index (χ0n) is 16.9. The van der Waals surface area contributed by atoms with Crippen molar-refractivity contribution in [3.05, 3.63) is 53.6 Å².